The number of thiophene rings is 1. The van der Waals surface area contributed by atoms with Gasteiger partial charge in [0, 0.05) is 15.4 Å². The molecule has 0 saturated carbocycles. The molecule has 19 heavy (non-hydrogen) atoms. The lowest BCUT2D eigenvalue weighted by molar-refractivity contribution is 0.534. The van der Waals surface area contributed by atoms with Crippen molar-refractivity contribution >= 4 is 38.9 Å². The third-order valence-electron chi connectivity index (χ3n) is 3.03. The van der Waals surface area contributed by atoms with Crippen molar-refractivity contribution < 1.29 is 4.39 Å². The number of rotatable bonds is 5. The number of nitrogens with one attached hydrogen (secondary N) is 1. The summed E-state index contributed by atoms with van der Waals surface area (Å²) in [7, 11) is 1.90. The third-order valence-corrected chi connectivity index (χ3v) is 5.27. The van der Waals surface area contributed by atoms with Crippen molar-refractivity contribution in [3.8, 4) is 0 Å². The van der Waals surface area contributed by atoms with Crippen LogP contribution < -0.4 is 5.32 Å². The fraction of sp³-hybridized carbons (Fsp3) is 0.286. The highest BCUT2D eigenvalue weighted by Crippen LogP contribution is 2.25. The molecule has 0 amide bonds. The van der Waals surface area contributed by atoms with Crippen molar-refractivity contribution in [2.24, 2.45) is 0 Å². The second kappa shape index (κ2) is 6.84. The van der Waals surface area contributed by atoms with E-state index in [1.165, 1.54) is 4.88 Å². The molecule has 0 aliphatic heterocycles. The highest BCUT2D eigenvalue weighted by Gasteiger charge is 2.15. The molecule has 1 atom stereocenters. The van der Waals surface area contributed by atoms with E-state index in [1.54, 1.807) is 29.5 Å². The predicted molar refractivity (Wildman–Crippen MR) is 83.7 cm³/mol. The third kappa shape index (κ3) is 3.78. The summed E-state index contributed by atoms with van der Waals surface area (Å²) in [6, 6.07) is 7.36. The number of hydrogen-bond donors (Lipinski definition) is 1. The summed E-state index contributed by atoms with van der Waals surface area (Å²) in [6.07, 6.45) is 1.48. The molecule has 0 bridgehead atoms. The zero-order valence-corrected chi connectivity index (χ0v) is 13.6. The number of benzene rings is 1. The Kier molecular flexibility index (Phi) is 5.39. The van der Waals surface area contributed by atoms with Gasteiger partial charge in [-0.25, -0.2) is 4.39 Å². The minimum atomic E-state index is -0.310. The average Bonchev–Trinajstić information content (AvgIpc) is 2.79. The first-order valence-corrected chi connectivity index (χ1v) is 7.99. The minimum Gasteiger partial charge on any atom is -0.316 e. The van der Waals surface area contributed by atoms with E-state index >= 15 is 0 Å². The molecule has 2 rings (SSSR count). The van der Waals surface area contributed by atoms with Crippen LogP contribution in [0.4, 0.5) is 4.39 Å². The fourth-order valence-electron chi connectivity index (χ4n) is 1.94. The van der Waals surface area contributed by atoms with E-state index in [0.29, 0.717) is 12.0 Å². The average molecular weight is 363 g/mol. The largest absolute Gasteiger partial charge is 0.316 e. The quantitative estimate of drug-likeness (QED) is 0.814. The Morgan fingerprint density at radius 2 is 2.16 bits per heavy atom. The van der Waals surface area contributed by atoms with Gasteiger partial charge in [0.15, 0.2) is 0 Å². The van der Waals surface area contributed by atoms with Gasteiger partial charge in [-0.15, -0.1) is 11.3 Å². The molecule has 0 saturated heterocycles. The zero-order chi connectivity index (χ0) is 13.8. The van der Waals surface area contributed by atoms with Crippen LogP contribution in [-0.2, 0) is 12.8 Å². The Balaban J connectivity index is 2.11. The number of hydrogen-bond acceptors (Lipinski definition) is 2. The van der Waals surface area contributed by atoms with Gasteiger partial charge in [-0.1, -0.05) is 23.7 Å². The Morgan fingerprint density at radius 3 is 2.79 bits per heavy atom. The second-order valence-electron chi connectivity index (χ2n) is 4.30. The smallest absolute Gasteiger partial charge is 0.145 e. The maximum Gasteiger partial charge on any atom is 0.145 e. The minimum absolute atomic E-state index is 0.183. The molecule has 1 N–H and O–H groups in total. The van der Waals surface area contributed by atoms with Crippen molar-refractivity contribution in [3.05, 3.63) is 55.4 Å². The molecule has 0 radical (unpaired) electrons. The monoisotopic (exact) mass is 361 g/mol. The Morgan fingerprint density at radius 1 is 1.37 bits per heavy atom. The first-order chi connectivity index (χ1) is 9.11. The van der Waals surface area contributed by atoms with Crippen LogP contribution in [0.3, 0.4) is 0 Å². The predicted octanol–water partition coefficient (Wildman–Crippen LogP) is 4.68. The van der Waals surface area contributed by atoms with Crippen LogP contribution >= 0.6 is 38.9 Å². The lowest BCUT2D eigenvalue weighted by Crippen LogP contribution is -2.30. The van der Waals surface area contributed by atoms with Crippen molar-refractivity contribution in [2.45, 2.75) is 18.9 Å². The molecule has 1 aromatic carbocycles. The SMILES string of the molecule is CNC(Cc1cccc(Cl)c1F)Cc1sccc1Br. The molecule has 1 aromatic heterocycles. The van der Waals surface area contributed by atoms with E-state index in [0.717, 1.165) is 10.9 Å². The summed E-state index contributed by atoms with van der Waals surface area (Å²) in [4.78, 5) is 1.27. The van der Waals surface area contributed by atoms with E-state index in [4.69, 9.17) is 11.6 Å². The molecule has 0 fully saturated rings. The zero-order valence-electron chi connectivity index (χ0n) is 10.4. The molecule has 0 aliphatic carbocycles. The van der Waals surface area contributed by atoms with Crippen LogP contribution in [0.1, 0.15) is 10.4 Å². The Labute approximate surface area is 129 Å². The summed E-state index contributed by atoms with van der Waals surface area (Å²) in [5, 5.41) is 5.47. The van der Waals surface area contributed by atoms with Gasteiger partial charge in [-0.3, -0.25) is 0 Å². The van der Waals surface area contributed by atoms with Gasteiger partial charge in [0.1, 0.15) is 5.82 Å². The van der Waals surface area contributed by atoms with Crippen molar-refractivity contribution in [2.75, 3.05) is 7.05 Å². The molecule has 5 heteroatoms. The topological polar surface area (TPSA) is 12.0 Å². The summed E-state index contributed by atoms with van der Waals surface area (Å²) in [5.74, 6) is -0.310. The van der Waals surface area contributed by atoms with Crippen LogP contribution in [0.5, 0.6) is 0 Å². The Bertz CT molecular complexity index is 558. The normalized spacial score (nSPS) is 12.6. The number of likely N-dealkylation sites (N-methyl/N-ethyl adjacent to an activating group) is 1. The van der Waals surface area contributed by atoms with Crippen LogP contribution in [0.25, 0.3) is 0 Å². The second-order valence-corrected chi connectivity index (χ2v) is 6.56. The molecular formula is C14H14BrClFNS. The van der Waals surface area contributed by atoms with Gasteiger partial charge in [0.25, 0.3) is 0 Å². The van der Waals surface area contributed by atoms with Gasteiger partial charge in [-0.05, 0) is 58.9 Å². The fourth-order valence-corrected chi connectivity index (χ4v) is 3.73. The molecule has 0 spiro atoms. The molecule has 0 aliphatic rings. The summed E-state index contributed by atoms with van der Waals surface area (Å²) >= 11 is 11.0. The van der Waals surface area contributed by atoms with E-state index in [-0.39, 0.29) is 16.9 Å². The molecule has 2 aromatic rings. The molecule has 1 nitrogen and oxygen atoms in total. The first kappa shape index (κ1) is 15.0. The van der Waals surface area contributed by atoms with Gasteiger partial charge in [0.05, 0.1) is 5.02 Å². The van der Waals surface area contributed by atoms with Crippen molar-refractivity contribution in [1.29, 1.82) is 0 Å². The standard InChI is InChI=1S/C14H14BrClFNS/c1-18-10(8-13-11(15)5-6-19-13)7-9-3-2-4-12(16)14(9)17/h2-6,10,18H,7-8H2,1H3. The van der Waals surface area contributed by atoms with Crippen LogP contribution in [0.15, 0.2) is 34.1 Å². The lowest BCUT2D eigenvalue weighted by atomic mass is 10.0. The van der Waals surface area contributed by atoms with Crippen molar-refractivity contribution in [1.82, 2.24) is 5.32 Å². The van der Waals surface area contributed by atoms with Gasteiger partial charge >= 0.3 is 0 Å². The van der Waals surface area contributed by atoms with E-state index in [2.05, 4.69) is 21.2 Å². The van der Waals surface area contributed by atoms with E-state index < -0.39 is 0 Å². The molecule has 1 heterocycles. The van der Waals surface area contributed by atoms with Gasteiger partial charge in [-0.2, -0.15) is 0 Å². The maximum atomic E-state index is 13.9. The number of halogens is 3. The van der Waals surface area contributed by atoms with Crippen LogP contribution in [0.2, 0.25) is 5.02 Å². The summed E-state index contributed by atoms with van der Waals surface area (Å²) < 4.78 is 15.0. The first-order valence-electron chi connectivity index (χ1n) is 5.94. The highest BCUT2D eigenvalue weighted by molar-refractivity contribution is 9.10. The summed E-state index contributed by atoms with van der Waals surface area (Å²) in [6.45, 7) is 0. The highest BCUT2D eigenvalue weighted by atomic mass is 79.9. The van der Waals surface area contributed by atoms with E-state index in [9.17, 15) is 4.39 Å². The molecular weight excluding hydrogens is 349 g/mol. The van der Waals surface area contributed by atoms with Crippen LogP contribution in [0, 0.1) is 5.82 Å². The molecule has 102 valence electrons. The van der Waals surface area contributed by atoms with Gasteiger partial charge in [0.2, 0.25) is 0 Å². The van der Waals surface area contributed by atoms with E-state index in [1.807, 2.05) is 18.5 Å². The van der Waals surface area contributed by atoms with Crippen LogP contribution in [-0.4, -0.2) is 13.1 Å². The Hall–Kier alpha value is -0.420. The maximum absolute atomic E-state index is 13.9. The van der Waals surface area contributed by atoms with Crippen molar-refractivity contribution in [3.63, 3.8) is 0 Å². The van der Waals surface area contributed by atoms with Gasteiger partial charge < -0.3 is 5.32 Å². The molecule has 1 unspecified atom stereocenters. The lowest BCUT2D eigenvalue weighted by Gasteiger charge is -2.16. The summed E-state index contributed by atoms with van der Waals surface area (Å²) in [5.41, 5.74) is 0.652.